The average Bonchev–Trinajstić information content (AvgIpc) is 2.89. The quantitative estimate of drug-likeness (QED) is 0.144. The van der Waals surface area contributed by atoms with Crippen molar-refractivity contribution in [3.8, 4) is 5.75 Å². The number of phenols is 1. The Bertz CT molecular complexity index is 1090. The van der Waals surface area contributed by atoms with Crippen LogP contribution in [0.4, 0.5) is 4.79 Å². The molecule has 0 heterocycles. The van der Waals surface area contributed by atoms with Crippen molar-refractivity contribution in [2.75, 3.05) is 19.7 Å². The highest BCUT2D eigenvalue weighted by Gasteiger charge is 2.37. The number of alkyl carbamates (subject to hydrolysis) is 1. The molecule has 2 unspecified atom stereocenters. The van der Waals surface area contributed by atoms with Crippen LogP contribution in [0.3, 0.4) is 0 Å². The molecule has 43 heavy (non-hydrogen) atoms. The Labute approximate surface area is 255 Å². The van der Waals surface area contributed by atoms with E-state index in [1.165, 1.54) is 17.0 Å². The molecule has 2 atom stereocenters. The third kappa shape index (κ3) is 14.3. The number of carbonyl (C=O) groups is 5. The van der Waals surface area contributed by atoms with Gasteiger partial charge in [0.15, 0.2) is 0 Å². The zero-order valence-corrected chi connectivity index (χ0v) is 26.5. The summed E-state index contributed by atoms with van der Waals surface area (Å²) >= 11 is 0. The maximum atomic E-state index is 14.1. The molecule has 0 aliphatic carbocycles. The average molecular weight is 607 g/mol. The fourth-order valence-corrected chi connectivity index (χ4v) is 4.42. The Hall–Kier alpha value is -3.83. The van der Waals surface area contributed by atoms with Gasteiger partial charge in [0.25, 0.3) is 0 Å². The lowest BCUT2D eigenvalue weighted by atomic mass is 9.99. The summed E-state index contributed by atoms with van der Waals surface area (Å²) in [5.74, 6) is -2.58. The first-order valence-electron chi connectivity index (χ1n) is 15.0. The standard InChI is InChI=1S/C31H50N4O8/c1-7-9-10-11-12-13-18-35(29(40)23(20-25(32)37)34-30(41)43-31(4,5)6)27(22-14-15-24(36)21(3)19-22)28(39)33-17-16-26(38)42-8-2/h14-15,19,23,27,36H,7-13,16-18,20H2,1-6H3,(H2,32,37)(H,33,39)(H,34,41). The van der Waals surface area contributed by atoms with Crippen molar-refractivity contribution in [1.29, 1.82) is 0 Å². The van der Waals surface area contributed by atoms with Crippen LogP contribution in [0.5, 0.6) is 5.75 Å². The largest absolute Gasteiger partial charge is 0.508 e. The number of primary amides is 1. The highest BCUT2D eigenvalue weighted by Crippen LogP contribution is 2.28. The molecule has 242 valence electrons. The first kappa shape index (κ1) is 37.2. The van der Waals surface area contributed by atoms with E-state index < -0.39 is 53.9 Å². The van der Waals surface area contributed by atoms with Gasteiger partial charge >= 0.3 is 12.1 Å². The third-order valence-electron chi connectivity index (χ3n) is 6.46. The first-order valence-corrected chi connectivity index (χ1v) is 15.0. The fraction of sp³-hybridized carbons (Fsp3) is 0.645. The molecule has 5 N–H and O–H groups in total. The maximum Gasteiger partial charge on any atom is 0.408 e. The van der Waals surface area contributed by atoms with Gasteiger partial charge in [0.2, 0.25) is 17.7 Å². The summed E-state index contributed by atoms with van der Waals surface area (Å²) in [6, 6.07) is 1.94. The van der Waals surface area contributed by atoms with Crippen LogP contribution in [0.2, 0.25) is 0 Å². The second kappa shape index (κ2) is 18.7. The molecule has 1 aromatic carbocycles. The Morgan fingerprint density at radius 1 is 1.02 bits per heavy atom. The molecule has 0 spiro atoms. The molecular weight excluding hydrogens is 556 g/mol. The van der Waals surface area contributed by atoms with E-state index in [0.717, 1.165) is 32.1 Å². The van der Waals surface area contributed by atoms with Crippen LogP contribution in [0.1, 0.15) is 103 Å². The molecule has 12 heteroatoms. The smallest absolute Gasteiger partial charge is 0.408 e. The molecule has 12 nitrogen and oxygen atoms in total. The number of amides is 4. The highest BCUT2D eigenvalue weighted by atomic mass is 16.6. The Morgan fingerprint density at radius 3 is 2.26 bits per heavy atom. The van der Waals surface area contributed by atoms with Crippen molar-refractivity contribution < 1.29 is 38.6 Å². The number of nitrogens with zero attached hydrogens (tertiary/aromatic N) is 1. The first-order chi connectivity index (χ1) is 20.2. The lowest BCUT2D eigenvalue weighted by molar-refractivity contribution is -0.144. The minimum absolute atomic E-state index is 0.0113. The summed E-state index contributed by atoms with van der Waals surface area (Å²) in [6.07, 6.45) is 3.96. The maximum absolute atomic E-state index is 14.1. The van der Waals surface area contributed by atoms with Gasteiger partial charge in [-0.25, -0.2) is 4.79 Å². The van der Waals surface area contributed by atoms with E-state index in [1.807, 2.05) is 0 Å². The lowest BCUT2D eigenvalue weighted by Crippen LogP contribution is -2.54. The van der Waals surface area contributed by atoms with Gasteiger partial charge in [-0.2, -0.15) is 0 Å². The van der Waals surface area contributed by atoms with Gasteiger partial charge in [0.05, 0.1) is 19.4 Å². The van der Waals surface area contributed by atoms with Crippen molar-refractivity contribution in [2.24, 2.45) is 5.73 Å². The third-order valence-corrected chi connectivity index (χ3v) is 6.46. The summed E-state index contributed by atoms with van der Waals surface area (Å²) < 4.78 is 10.2. The molecule has 0 bridgehead atoms. The van der Waals surface area contributed by atoms with Crippen molar-refractivity contribution in [3.05, 3.63) is 29.3 Å². The van der Waals surface area contributed by atoms with Crippen molar-refractivity contribution in [3.63, 3.8) is 0 Å². The van der Waals surface area contributed by atoms with E-state index in [1.54, 1.807) is 40.7 Å². The molecule has 0 saturated heterocycles. The number of phenolic OH excluding ortho intramolecular Hbond substituents is 1. The molecule has 0 radical (unpaired) electrons. The van der Waals surface area contributed by atoms with E-state index in [2.05, 4.69) is 17.6 Å². The summed E-state index contributed by atoms with van der Waals surface area (Å²) in [6.45, 7) is 10.7. The molecule has 0 saturated carbocycles. The number of nitrogens with one attached hydrogen (secondary N) is 2. The fourth-order valence-electron chi connectivity index (χ4n) is 4.42. The second-order valence-corrected chi connectivity index (χ2v) is 11.5. The molecule has 1 aromatic rings. The number of unbranched alkanes of at least 4 members (excludes halogenated alkanes) is 5. The van der Waals surface area contributed by atoms with Crippen molar-refractivity contribution in [2.45, 2.75) is 111 Å². The van der Waals surface area contributed by atoms with Crippen molar-refractivity contribution in [1.82, 2.24) is 15.5 Å². The van der Waals surface area contributed by atoms with Gasteiger partial charge in [-0.05, 0) is 64.3 Å². The van der Waals surface area contributed by atoms with E-state index in [4.69, 9.17) is 15.2 Å². The highest BCUT2D eigenvalue weighted by molar-refractivity contribution is 5.94. The van der Waals surface area contributed by atoms with Crippen LogP contribution in [0, 0.1) is 6.92 Å². The summed E-state index contributed by atoms with van der Waals surface area (Å²) in [7, 11) is 0. The van der Waals surface area contributed by atoms with Crippen LogP contribution in [-0.4, -0.2) is 71.1 Å². The number of ether oxygens (including phenoxy) is 2. The monoisotopic (exact) mass is 606 g/mol. The number of benzene rings is 1. The minimum Gasteiger partial charge on any atom is -0.508 e. The van der Waals surface area contributed by atoms with Gasteiger partial charge < -0.3 is 35.8 Å². The predicted molar refractivity (Wildman–Crippen MR) is 162 cm³/mol. The van der Waals surface area contributed by atoms with Gasteiger partial charge in [-0.1, -0.05) is 45.1 Å². The number of nitrogens with two attached hydrogens (primary N) is 1. The van der Waals surface area contributed by atoms with Gasteiger partial charge in [0.1, 0.15) is 23.4 Å². The van der Waals surface area contributed by atoms with Crippen LogP contribution >= 0.6 is 0 Å². The summed E-state index contributed by atoms with van der Waals surface area (Å²) in [5, 5.41) is 15.3. The number of hydrogen-bond acceptors (Lipinski definition) is 8. The van der Waals surface area contributed by atoms with Crippen LogP contribution in [0.25, 0.3) is 0 Å². The van der Waals surface area contributed by atoms with Crippen molar-refractivity contribution >= 4 is 29.8 Å². The number of aryl methyl sites for hydroxylation is 1. The van der Waals surface area contributed by atoms with Gasteiger partial charge in [-0.15, -0.1) is 0 Å². The number of rotatable bonds is 18. The number of aromatic hydroxyl groups is 1. The van der Waals surface area contributed by atoms with E-state index >= 15 is 0 Å². The van der Waals surface area contributed by atoms with E-state index in [9.17, 15) is 29.1 Å². The van der Waals surface area contributed by atoms with Crippen LogP contribution < -0.4 is 16.4 Å². The second-order valence-electron chi connectivity index (χ2n) is 11.5. The van der Waals surface area contributed by atoms with E-state index in [-0.39, 0.29) is 31.9 Å². The normalized spacial score (nSPS) is 12.5. The topological polar surface area (TPSA) is 177 Å². The van der Waals surface area contributed by atoms with Gasteiger partial charge in [0, 0.05) is 13.1 Å². The zero-order valence-electron chi connectivity index (χ0n) is 26.5. The SMILES string of the molecule is CCCCCCCCN(C(=O)C(CC(N)=O)NC(=O)OC(C)(C)C)C(C(=O)NCCC(=O)OCC)c1ccc(O)c(C)c1. The molecule has 0 aromatic heterocycles. The summed E-state index contributed by atoms with van der Waals surface area (Å²) in [4.78, 5) is 65.7. The minimum atomic E-state index is -1.40. The Morgan fingerprint density at radius 2 is 1.67 bits per heavy atom. The van der Waals surface area contributed by atoms with Crippen LogP contribution in [-0.2, 0) is 28.7 Å². The van der Waals surface area contributed by atoms with Gasteiger partial charge in [-0.3, -0.25) is 19.2 Å². The van der Waals surface area contributed by atoms with E-state index in [0.29, 0.717) is 17.5 Å². The molecule has 0 aliphatic rings. The molecule has 1 rings (SSSR count). The molecule has 0 fully saturated rings. The Balaban J connectivity index is 3.49. The molecule has 4 amide bonds. The summed E-state index contributed by atoms with van der Waals surface area (Å²) in [5.41, 5.74) is 5.47. The molecule has 0 aliphatic heterocycles. The lowest BCUT2D eigenvalue weighted by Gasteiger charge is -2.34. The number of esters is 1. The number of carbonyl (C=O) groups excluding carboxylic acids is 5. The zero-order chi connectivity index (χ0) is 32.6. The number of hydrogen-bond donors (Lipinski definition) is 4. The molecular formula is C31H50N4O8. The van der Waals surface area contributed by atoms with Crippen LogP contribution in [0.15, 0.2) is 18.2 Å². The Kier molecular flexibility index (Phi) is 16.1. The predicted octanol–water partition coefficient (Wildman–Crippen LogP) is 3.77.